The average Bonchev–Trinajstić information content (AvgIpc) is 2.34. The summed E-state index contributed by atoms with van der Waals surface area (Å²) in [4.78, 5) is 11.5. The third-order valence-corrected chi connectivity index (χ3v) is 2.74. The monoisotopic (exact) mass is 250 g/mol. The van der Waals surface area contributed by atoms with Gasteiger partial charge in [-0.15, -0.1) is 0 Å². The number of nitrogens with two attached hydrogens (primary N) is 1. The SMILES string of the molecule is Cc1ccc(OCC(=O)NCC(C)CN)c(C)c1. The van der Waals surface area contributed by atoms with E-state index in [9.17, 15) is 4.79 Å². The number of hydrogen-bond acceptors (Lipinski definition) is 3. The van der Waals surface area contributed by atoms with Crippen LogP contribution in [0.4, 0.5) is 0 Å². The molecule has 0 aliphatic heterocycles. The summed E-state index contributed by atoms with van der Waals surface area (Å²) in [7, 11) is 0. The highest BCUT2D eigenvalue weighted by molar-refractivity contribution is 5.77. The number of nitrogens with one attached hydrogen (secondary N) is 1. The van der Waals surface area contributed by atoms with Crippen LogP contribution < -0.4 is 15.8 Å². The molecule has 100 valence electrons. The second-order valence-corrected chi connectivity index (χ2v) is 4.70. The molecule has 4 heteroatoms. The maximum atomic E-state index is 11.5. The Morgan fingerprint density at radius 3 is 2.78 bits per heavy atom. The number of rotatable bonds is 6. The van der Waals surface area contributed by atoms with E-state index in [1.807, 2.05) is 39.0 Å². The fourth-order valence-corrected chi connectivity index (χ4v) is 1.53. The fraction of sp³-hybridized carbons (Fsp3) is 0.500. The van der Waals surface area contributed by atoms with E-state index in [4.69, 9.17) is 10.5 Å². The van der Waals surface area contributed by atoms with E-state index in [2.05, 4.69) is 5.32 Å². The first kappa shape index (κ1) is 14.5. The van der Waals surface area contributed by atoms with E-state index in [0.29, 0.717) is 13.1 Å². The van der Waals surface area contributed by atoms with Gasteiger partial charge in [-0.1, -0.05) is 24.6 Å². The third-order valence-electron chi connectivity index (χ3n) is 2.74. The summed E-state index contributed by atoms with van der Waals surface area (Å²) in [6.07, 6.45) is 0. The molecule has 1 atom stereocenters. The molecule has 1 aromatic carbocycles. The highest BCUT2D eigenvalue weighted by atomic mass is 16.5. The lowest BCUT2D eigenvalue weighted by molar-refractivity contribution is -0.123. The topological polar surface area (TPSA) is 64.3 Å². The van der Waals surface area contributed by atoms with Gasteiger partial charge in [0.15, 0.2) is 6.61 Å². The van der Waals surface area contributed by atoms with Gasteiger partial charge in [-0.2, -0.15) is 0 Å². The second kappa shape index (κ2) is 7.01. The normalized spacial score (nSPS) is 12.0. The predicted molar refractivity (Wildman–Crippen MR) is 72.6 cm³/mol. The first-order chi connectivity index (χ1) is 8.52. The van der Waals surface area contributed by atoms with Gasteiger partial charge in [-0.05, 0) is 37.9 Å². The zero-order valence-corrected chi connectivity index (χ0v) is 11.3. The number of carbonyl (C=O) groups is 1. The van der Waals surface area contributed by atoms with Crippen molar-refractivity contribution < 1.29 is 9.53 Å². The highest BCUT2D eigenvalue weighted by Gasteiger charge is 2.06. The van der Waals surface area contributed by atoms with Crippen molar-refractivity contribution in [3.05, 3.63) is 29.3 Å². The van der Waals surface area contributed by atoms with Crippen LogP contribution in [0.15, 0.2) is 18.2 Å². The molecule has 1 rings (SSSR count). The maximum absolute atomic E-state index is 11.5. The van der Waals surface area contributed by atoms with Crippen molar-refractivity contribution in [2.75, 3.05) is 19.7 Å². The Balaban J connectivity index is 2.38. The van der Waals surface area contributed by atoms with Crippen molar-refractivity contribution in [1.82, 2.24) is 5.32 Å². The number of hydrogen-bond donors (Lipinski definition) is 2. The van der Waals surface area contributed by atoms with E-state index in [-0.39, 0.29) is 18.4 Å². The number of aryl methyl sites for hydroxylation is 2. The molecule has 0 aliphatic carbocycles. The standard InChI is InChI=1S/C14H22N2O2/c1-10-4-5-13(12(3)6-10)18-9-14(17)16-8-11(2)7-15/h4-6,11H,7-9,15H2,1-3H3,(H,16,17). The number of carbonyl (C=O) groups excluding carboxylic acids is 1. The van der Waals surface area contributed by atoms with E-state index in [1.165, 1.54) is 5.56 Å². The van der Waals surface area contributed by atoms with Crippen molar-refractivity contribution >= 4 is 5.91 Å². The van der Waals surface area contributed by atoms with Crippen LogP contribution >= 0.6 is 0 Å². The quantitative estimate of drug-likeness (QED) is 0.802. The summed E-state index contributed by atoms with van der Waals surface area (Å²) in [6.45, 7) is 7.19. The number of benzene rings is 1. The lowest BCUT2D eigenvalue weighted by Crippen LogP contribution is -2.34. The average molecular weight is 250 g/mol. The minimum absolute atomic E-state index is 0.0428. The molecule has 18 heavy (non-hydrogen) atoms. The Bertz CT molecular complexity index is 405. The van der Waals surface area contributed by atoms with E-state index in [0.717, 1.165) is 11.3 Å². The van der Waals surface area contributed by atoms with Crippen LogP contribution in [0.3, 0.4) is 0 Å². The summed E-state index contributed by atoms with van der Waals surface area (Å²) in [6, 6.07) is 5.89. The van der Waals surface area contributed by atoms with Crippen molar-refractivity contribution in [1.29, 1.82) is 0 Å². The van der Waals surface area contributed by atoms with E-state index < -0.39 is 0 Å². The molecule has 1 aromatic rings. The molecule has 0 fully saturated rings. The Labute approximate surface area is 109 Å². The van der Waals surface area contributed by atoms with Gasteiger partial charge in [0, 0.05) is 6.54 Å². The van der Waals surface area contributed by atoms with Crippen LogP contribution in [0.1, 0.15) is 18.1 Å². The first-order valence-corrected chi connectivity index (χ1v) is 6.19. The second-order valence-electron chi connectivity index (χ2n) is 4.70. The van der Waals surface area contributed by atoms with Gasteiger partial charge in [0.1, 0.15) is 5.75 Å². The molecule has 0 bridgehead atoms. The molecule has 0 saturated heterocycles. The van der Waals surface area contributed by atoms with Gasteiger partial charge < -0.3 is 15.8 Å². The molecular formula is C14H22N2O2. The van der Waals surface area contributed by atoms with E-state index >= 15 is 0 Å². The number of amides is 1. The molecule has 0 aliphatic rings. The molecule has 1 unspecified atom stereocenters. The van der Waals surface area contributed by atoms with Gasteiger partial charge in [0.2, 0.25) is 0 Å². The van der Waals surface area contributed by atoms with Gasteiger partial charge in [-0.25, -0.2) is 0 Å². The molecule has 0 spiro atoms. The zero-order valence-electron chi connectivity index (χ0n) is 11.3. The van der Waals surface area contributed by atoms with Crippen LogP contribution in [-0.4, -0.2) is 25.6 Å². The molecule has 4 nitrogen and oxygen atoms in total. The molecule has 3 N–H and O–H groups in total. The van der Waals surface area contributed by atoms with Crippen molar-refractivity contribution in [3.8, 4) is 5.75 Å². The predicted octanol–water partition coefficient (Wildman–Crippen LogP) is 1.39. The van der Waals surface area contributed by atoms with Crippen LogP contribution in [0.5, 0.6) is 5.75 Å². The Hall–Kier alpha value is -1.55. The van der Waals surface area contributed by atoms with Crippen LogP contribution in [0.25, 0.3) is 0 Å². The zero-order chi connectivity index (χ0) is 13.5. The van der Waals surface area contributed by atoms with E-state index in [1.54, 1.807) is 0 Å². The fourth-order valence-electron chi connectivity index (χ4n) is 1.53. The third kappa shape index (κ3) is 4.75. The number of ether oxygens (including phenoxy) is 1. The van der Waals surface area contributed by atoms with Crippen LogP contribution in [-0.2, 0) is 4.79 Å². The smallest absolute Gasteiger partial charge is 0.257 e. The summed E-state index contributed by atoms with van der Waals surface area (Å²) >= 11 is 0. The van der Waals surface area contributed by atoms with Gasteiger partial charge in [-0.3, -0.25) is 4.79 Å². The molecule has 0 aromatic heterocycles. The Morgan fingerprint density at radius 1 is 1.44 bits per heavy atom. The summed E-state index contributed by atoms with van der Waals surface area (Å²) in [5, 5.41) is 2.79. The van der Waals surface area contributed by atoms with Gasteiger partial charge in [0.25, 0.3) is 5.91 Å². The van der Waals surface area contributed by atoms with Crippen molar-refractivity contribution in [3.63, 3.8) is 0 Å². The Morgan fingerprint density at radius 2 is 2.17 bits per heavy atom. The summed E-state index contributed by atoms with van der Waals surface area (Å²) in [5.74, 6) is 0.924. The van der Waals surface area contributed by atoms with Gasteiger partial charge in [0.05, 0.1) is 0 Å². The molecular weight excluding hydrogens is 228 g/mol. The van der Waals surface area contributed by atoms with Gasteiger partial charge >= 0.3 is 0 Å². The molecule has 0 radical (unpaired) electrons. The largest absolute Gasteiger partial charge is 0.484 e. The summed E-state index contributed by atoms with van der Waals surface area (Å²) < 4.78 is 5.48. The molecule has 0 heterocycles. The highest BCUT2D eigenvalue weighted by Crippen LogP contribution is 2.18. The van der Waals surface area contributed by atoms with Crippen molar-refractivity contribution in [2.45, 2.75) is 20.8 Å². The first-order valence-electron chi connectivity index (χ1n) is 6.19. The maximum Gasteiger partial charge on any atom is 0.257 e. The minimum Gasteiger partial charge on any atom is -0.484 e. The summed E-state index contributed by atoms with van der Waals surface area (Å²) in [5.41, 5.74) is 7.70. The molecule has 0 saturated carbocycles. The van der Waals surface area contributed by atoms with Crippen LogP contribution in [0, 0.1) is 19.8 Å². The molecule has 1 amide bonds. The Kier molecular flexibility index (Phi) is 5.65. The lowest BCUT2D eigenvalue weighted by atomic mass is 10.1. The van der Waals surface area contributed by atoms with Crippen LogP contribution in [0.2, 0.25) is 0 Å². The minimum atomic E-state index is -0.115. The lowest BCUT2D eigenvalue weighted by Gasteiger charge is -2.12. The van der Waals surface area contributed by atoms with Crippen molar-refractivity contribution in [2.24, 2.45) is 11.7 Å².